The quantitative estimate of drug-likeness (QED) is 0.813. The molecule has 6 heteroatoms. The summed E-state index contributed by atoms with van der Waals surface area (Å²) in [7, 11) is 0. The molecule has 1 aromatic heterocycles. The Bertz CT molecular complexity index is 667. The Balaban J connectivity index is 1.86. The number of carbonyl (C=O) groups is 1. The highest BCUT2D eigenvalue weighted by molar-refractivity contribution is 5.74. The Labute approximate surface area is 142 Å². The van der Waals surface area contributed by atoms with Crippen LogP contribution in [-0.4, -0.2) is 17.3 Å². The normalized spacial score (nSPS) is 12.0. The van der Waals surface area contributed by atoms with Crippen molar-refractivity contribution < 1.29 is 14.1 Å². The van der Waals surface area contributed by atoms with Gasteiger partial charge in [0, 0.05) is 6.07 Å². The molecule has 0 saturated carbocycles. The molecule has 0 aliphatic carbocycles. The molecule has 0 aliphatic heterocycles. The van der Waals surface area contributed by atoms with E-state index in [1.807, 2.05) is 58.0 Å². The summed E-state index contributed by atoms with van der Waals surface area (Å²) < 4.78 is 10.8. The highest BCUT2D eigenvalue weighted by atomic mass is 16.5. The van der Waals surface area contributed by atoms with E-state index in [0.717, 1.165) is 23.4 Å². The first-order chi connectivity index (χ1) is 11.5. The Hall–Kier alpha value is -2.50. The fraction of sp³-hybridized carbons (Fsp3) is 0.444. The first-order valence-electron chi connectivity index (χ1n) is 8.23. The molecular weight excluding hydrogens is 306 g/mol. The smallest absolute Gasteiger partial charge is 0.315 e. The Morgan fingerprint density at radius 3 is 2.75 bits per heavy atom. The van der Waals surface area contributed by atoms with Crippen molar-refractivity contribution in [2.24, 2.45) is 0 Å². The number of hydrogen-bond acceptors (Lipinski definition) is 4. The van der Waals surface area contributed by atoms with Gasteiger partial charge in [0.2, 0.25) is 0 Å². The molecule has 2 amide bonds. The van der Waals surface area contributed by atoms with Crippen LogP contribution in [0.2, 0.25) is 0 Å². The van der Waals surface area contributed by atoms with Crippen LogP contribution in [0.15, 0.2) is 34.9 Å². The van der Waals surface area contributed by atoms with Gasteiger partial charge in [0.15, 0.2) is 5.76 Å². The minimum Gasteiger partial charge on any atom is -0.491 e. The summed E-state index contributed by atoms with van der Waals surface area (Å²) in [5.41, 5.74) is 1.86. The van der Waals surface area contributed by atoms with Gasteiger partial charge in [-0.25, -0.2) is 4.79 Å². The minimum atomic E-state index is -0.257. The average Bonchev–Trinajstić information content (AvgIpc) is 3.00. The third kappa shape index (κ3) is 5.30. The number of aryl methyl sites for hydroxylation is 1. The van der Waals surface area contributed by atoms with Gasteiger partial charge >= 0.3 is 6.03 Å². The molecule has 0 unspecified atom stereocenters. The fourth-order valence-electron chi connectivity index (χ4n) is 2.23. The molecule has 0 bridgehead atoms. The SMILES string of the molecule is CCc1cc(CNC(=O)N[C@@H](C)c2cccc(OC(C)C)c2)on1. The number of aromatic nitrogens is 1. The van der Waals surface area contributed by atoms with Crippen LogP contribution in [0.4, 0.5) is 4.79 Å². The number of urea groups is 1. The van der Waals surface area contributed by atoms with E-state index in [9.17, 15) is 4.79 Å². The van der Waals surface area contributed by atoms with Crippen molar-refractivity contribution in [3.8, 4) is 5.75 Å². The van der Waals surface area contributed by atoms with Crippen LogP contribution in [-0.2, 0) is 13.0 Å². The second-order valence-corrected chi connectivity index (χ2v) is 5.93. The summed E-state index contributed by atoms with van der Waals surface area (Å²) in [6.07, 6.45) is 0.920. The number of ether oxygens (including phenoxy) is 1. The Morgan fingerprint density at radius 1 is 1.29 bits per heavy atom. The van der Waals surface area contributed by atoms with Crippen LogP contribution in [0.1, 0.15) is 50.8 Å². The summed E-state index contributed by atoms with van der Waals surface area (Å²) in [6.45, 7) is 8.20. The highest BCUT2D eigenvalue weighted by Crippen LogP contribution is 2.20. The molecule has 0 saturated heterocycles. The van der Waals surface area contributed by atoms with Crippen molar-refractivity contribution in [3.05, 3.63) is 47.3 Å². The number of nitrogens with zero attached hydrogens (tertiary/aromatic N) is 1. The van der Waals surface area contributed by atoms with Crippen molar-refractivity contribution in [2.75, 3.05) is 0 Å². The van der Waals surface area contributed by atoms with Gasteiger partial charge < -0.3 is 19.9 Å². The van der Waals surface area contributed by atoms with Crippen LogP contribution in [0.5, 0.6) is 5.75 Å². The van der Waals surface area contributed by atoms with Gasteiger partial charge in [0.25, 0.3) is 0 Å². The van der Waals surface area contributed by atoms with Gasteiger partial charge in [-0.15, -0.1) is 0 Å². The summed E-state index contributed by atoms with van der Waals surface area (Å²) in [5, 5.41) is 9.56. The second-order valence-electron chi connectivity index (χ2n) is 5.93. The van der Waals surface area contributed by atoms with E-state index >= 15 is 0 Å². The Morgan fingerprint density at radius 2 is 2.08 bits per heavy atom. The van der Waals surface area contributed by atoms with Gasteiger partial charge in [-0.3, -0.25) is 0 Å². The summed E-state index contributed by atoms with van der Waals surface area (Å²) in [4.78, 5) is 12.0. The van der Waals surface area contributed by atoms with Crippen LogP contribution < -0.4 is 15.4 Å². The van der Waals surface area contributed by atoms with E-state index in [-0.39, 0.29) is 18.2 Å². The zero-order chi connectivity index (χ0) is 17.5. The molecule has 0 fully saturated rings. The molecule has 2 rings (SSSR count). The molecular formula is C18H25N3O3. The molecule has 130 valence electrons. The number of nitrogens with one attached hydrogen (secondary N) is 2. The predicted molar refractivity (Wildman–Crippen MR) is 91.9 cm³/mol. The van der Waals surface area contributed by atoms with Crippen LogP contribution in [0.3, 0.4) is 0 Å². The van der Waals surface area contributed by atoms with Gasteiger partial charge in [-0.2, -0.15) is 0 Å². The van der Waals surface area contributed by atoms with Crippen molar-refractivity contribution in [2.45, 2.75) is 52.8 Å². The molecule has 1 aromatic carbocycles. The van der Waals surface area contributed by atoms with Crippen molar-refractivity contribution >= 4 is 6.03 Å². The lowest BCUT2D eigenvalue weighted by Crippen LogP contribution is -2.36. The molecule has 2 N–H and O–H groups in total. The fourth-order valence-corrected chi connectivity index (χ4v) is 2.23. The predicted octanol–water partition coefficient (Wildman–Crippen LogP) is 3.58. The number of benzene rings is 1. The minimum absolute atomic E-state index is 0.113. The Kier molecular flexibility index (Phi) is 6.23. The first kappa shape index (κ1) is 17.8. The van der Waals surface area contributed by atoms with Crippen LogP contribution >= 0.6 is 0 Å². The molecule has 0 spiro atoms. The highest BCUT2D eigenvalue weighted by Gasteiger charge is 2.11. The molecule has 0 radical (unpaired) electrons. The number of carbonyl (C=O) groups excluding carboxylic acids is 1. The third-order valence-electron chi connectivity index (χ3n) is 3.47. The van der Waals surface area contributed by atoms with Gasteiger partial charge in [-0.05, 0) is 44.9 Å². The maximum absolute atomic E-state index is 12.0. The van der Waals surface area contributed by atoms with E-state index in [1.54, 1.807) is 0 Å². The average molecular weight is 331 g/mol. The molecule has 2 aromatic rings. The molecule has 24 heavy (non-hydrogen) atoms. The maximum Gasteiger partial charge on any atom is 0.315 e. The lowest BCUT2D eigenvalue weighted by molar-refractivity contribution is 0.235. The summed E-state index contributed by atoms with van der Waals surface area (Å²) in [6, 6.07) is 9.18. The lowest BCUT2D eigenvalue weighted by atomic mass is 10.1. The number of hydrogen-bond donors (Lipinski definition) is 2. The standard InChI is InChI=1S/C18H25N3O3/c1-5-15-10-17(24-21-15)11-19-18(22)20-13(4)14-7-6-8-16(9-14)23-12(2)3/h6-10,12-13H,5,11H2,1-4H3,(H2,19,20,22)/t13-/m0/s1. The van der Waals surface area contributed by atoms with E-state index in [4.69, 9.17) is 9.26 Å². The van der Waals surface area contributed by atoms with Gasteiger partial charge in [-0.1, -0.05) is 24.2 Å². The maximum atomic E-state index is 12.0. The van der Waals surface area contributed by atoms with E-state index in [2.05, 4.69) is 15.8 Å². The zero-order valence-corrected chi connectivity index (χ0v) is 14.6. The molecule has 0 aliphatic rings. The monoisotopic (exact) mass is 331 g/mol. The van der Waals surface area contributed by atoms with Crippen molar-refractivity contribution in [1.29, 1.82) is 0 Å². The van der Waals surface area contributed by atoms with E-state index in [0.29, 0.717) is 12.3 Å². The van der Waals surface area contributed by atoms with Gasteiger partial charge in [0.05, 0.1) is 24.4 Å². The first-order valence-corrected chi connectivity index (χ1v) is 8.23. The third-order valence-corrected chi connectivity index (χ3v) is 3.47. The number of amides is 2. The van der Waals surface area contributed by atoms with Crippen LogP contribution in [0.25, 0.3) is 0 Å². The molecule has 6 nitrogen and oxygen atoms in total. The molecule has 1 heterocycles. The molecule has 1 atom stereocenters. The van der Waals surface area contributed by atoms with E-state index in [1.165, 1.54) is 0 Å². The summed E-state index contributed by atoms with van der Waals surface area (Å²) in [5.74, 6) is 1.44. The second kappa shape index (κ2) is 8.38. The van der Waals surface area contributed by atoms with Gasteiger partial charge in [0.1, 0.15) is 5.75 Å². The van der Waals surface area contributed by atoms with E-state index < -0.39 is 0 Å². The lowest BCUT2D eigenvalue weighted by Gasteiger charge is -2.16. The summed E-state index contributed by atoms with van der Waals surface area (Å²) >= 11 is 0. The largest absolute Gasteiger partial charge is 0.491 e. The van der Waals surface area contributed by atoms with Crippen molar-refractivity contribution in [3.63, 3.8) is 0 Å². The van der Waals surface area contributed by atoms with Crippen molar-refractivity contribution in [1.82, 2.24) is 15.8 Å². The topological polar surface area (TPSA) is 76.4 Å². The van der Waals surface area contributed by atoms with Crippen LogP contribution in [0, 0.1) is 0 Å². The number of rotatable bonds is 7. The zero-order valence-electron chi connectivity index (χ0n) is 14.6.